The molecule has 1 aliphatic heterocycles. The number of ether oxygens (including phenoxy) is 1. The van der Waals surface area contributed by atoms with Crippen molar-refractivity contribution in [3.8, 4) is 11.1 Å². The molecule has 2 heterocycles. The lowest BCUT2D eigenvalue weighted by atomic mass is 9.73. The predicted octanol–water partition coefficient (Wildman–Crippen LogP) is 3.84. The molecule has 5 nitrogen and oxygen atoms in total. The summed E-state index contributed by atoms with van der Waals surface area (Å²) in [5, 5.41) is 10.9. The summed E-state index contributed by atoms with van der Waals surface area (Å²) in [5.74, 6) is -1.39. The topological polar surface area (TPSA) is 68.5 Å². The minimum atomic E-state index is -0.809. The van der Waals surface area contributed by atoms with Crippen molar-refractivity contribution in [2.45, 2.75) is 37.6 Å². The SMILES string of the molecule is COC(=O)C1=C(O)c2c(-c3ccccc3)ccn2C2(CCCCC2)C1=O. The van der Waals surface area contributed by atoms with Crippen molar-refractivity contribution in [1.29, 1.82) is 0 Å². The summed E-state index contributed by atoms with van der Waals surface area (Å²) in [6, 6.07) is 11.6. The number of carbonyl (C=O) groups is 2. The lowest BCUT2D eigenvalue weighted by molar-refractivity contribution is -0.140. The van der Waals surface area contributed by atoms with Crippen LogP contribution in [0.1, 0.15) is 37.8 Å². The highest BCUT2D eigenvalue weighted by molar-refractivity contribution is 6.25. The van der Waals surface area contributed by atoms with Gasteiger partial charge in [-0.15, -0.1) is 0 Å². The molecule has 134 valence electrons. The molecule has 0 bridgehead atoms. The van der Waals surface area contributed by atoms with Gasteiger partial charge < -0.3 is 14.4 Å². The van der Waals surface area contributed by atoms with E-state index in [1.165, 1.54) is 7.11 Å². The lowest BCUT2D eigenvalue weighted by Crippen LogP contribution is -2.48. The van der Waals surface area contributed by atoms with Gasteiger partial charge in [-0.25, -0.2) is 4.79 Å². The highest BCUT2D eigenvalue weighted by Crippen LogP contribution is 2.46. The van der Waals surface area contributed by atoms with Crippen LogP contribution in [0.2, 0.25) is 0 Å². The third kappa shape index (κ3) is 2.23. The number of methoxy groups -OCH3 is 1. The number of hydrogen-bond donors (Lipinski definition) is 1. The van der Waals surface area contributed by atoms with Crippen LogP contribution < -0.4 is 0 Å². The number of fused-ring (bicyclic) bond motifs is 2. The zero-order chi connectivity index (χ0) is 18.3. The third-order valence-corrected chi connectivity index (χ3v) is 5.61. The number of ketones is 1. The monoisotopic (exact) mass is 351 g/mol. The molecule has 1 aromatic heterocycles. The molecule has 0 amide bonds. The van der Waals surface area contributed by atoms with Crippen LogP contribution in [0.5, 0.6) is 0 Å². The Kier molecular flexibility index (Phi) is 3.94. The average Bonchev–Trinajstić information content (AvgIpc) is 3.14. The highest BCUT2D eigenvalue weighted by Gasteiger charge is 2.50. The fourth-order valence-electron chi connectivity index (χ4n) is 4.35. The number of carbonyl (C=O) groups excluding carboxylic acids is 2. The molecule has 0 saturated heterocycles. The van der Waals surface area contributed by atoms with E-state index < -0.39 is 11.5 Å². The Morgan fingerprint density at radius 3 is 2.46 bits per heavy atom. The van der Waals surface area contributed by atoms with E-state index in [-0.39, 0.29) is 17.1 Å². The summed E-state index contributed by atoms with van der Waals surface area (Å²) in [7, 11) is 1.23. The van der Waals surface area contributed by atoms with Crippen molar-refractivity contribution < 1.29 is 19.4 Å². The van der Waals surface area contributed by atoms with Gasteiger partial charge in [0.05, 0.1) is 12.8 Å². The smallest absolute Gasteiger partial charge is 0.345 e. The summed E-state index contributed by atoms with van der Waals surface area (Å²) in [4.78, 5) is 25.6. The van der Waals surface area contributed by atoms with E-state index in [9.17, 15) is 14.7 Å². The van der Waals surface area contributed by atoms with Crippen molar-refractivity contribution >= 4 is 17.5 Å². The van der Waals surface area contributed by atoms with Gasteiger partial charge in [0.1, 0.15) is 11.1 Å². The maximum atomic E-state index is 13.3. The van der Waals surface area contributed by atoms with Gasteiger partial charge in [-0.1, -0.05) is 49.6 Å². The second kappa shape index (κ2) is 6.16. The zero-order valence-electron chi connectivity index (χ0n) is 14.7. The van der Waals surface area contributed by atoms with E-state index in [2.05, 4.69) is 0 Å². The Morgan fingerprint density at radius 2 is 1.81 bits per heavy atom. The first-order valence-electron chi connectivity index (χ1n) is 8.94. The Hall–Kier alpha value is -2.82. The van der Waals surface area contributed by atoms with E-state index in [0.29, 0.717) is 18.5 Å². The average molecular weight is 351 g/mol. The largest absolute Gasteiger partial charge is 0.505 e. The minimum absolute atomic E-state index is 0.224. The van der Waals surface area contributed by atoms with Crippen LogP contribution in [0.15, 0.2) is 48.2 Å². The molecule has 2 aromatic rings. The number of hydrogen-bond acceptors (Lipinski definition) is 4. The Labute approximate surface area is 151 Å². The van der Waals surface area contributed by atoms with E-state index >= 15 is 0 Å². The minimum Gasteiger partial charge on any atom is -0.505 e. The van der Waals surface area contributed by atoms with Crippen LogP contribution >= 0.6 is 0 Å². The van der Waals surface area contributed by atoms with E-state index in [0.717, 1.165) is 30.4 Å². The zero-order valence-corrected chi connectivity index (χ0v) is 14.7. The molecular weight excluding hydrogens is 330 g/mol. The normalized spacial score (nSPS) is 18.7. The van der Waals surface area contributed by atoms with E-state index in [4.69, 9.17) is 4.74 Å². The van der Waals surface area contributed by atoms with Gasteiger partial charge >= 0.3 is 5.97 Å². The van der Waals surface area contributed by atoms with Crippen LogP contribution in [-0.2, 0) is 19.9 Å². The van der Waals surface area contributed by atoms with Crippen LogP contribution in [0.4, 0.5) is 0 Å². The maximum Gasteiger partial charge on any atom is 0.345 e. The second-order valence-electron chi connectivity index (χ2n) is 6.95. The van der Waals surface area contributed by atoms with Gasteiger partial charge in [-0.3, -0.25) is 4.79 Å². The van der Waals surface area contributed by atoms with Crippen molar-refractivity contribution in [2.24, 2.45) is 0 Å². The van der Waals surface area contributed by atoms with Crippen molar-refractivity contribution in [2.75, 3.05) is 7.11 Å². The summed E-state index contributed by atoms with van der Waals surface area (Å²) in [5.41, 5.74) is 1.23. The molecule has 1 aromatic carbocycles. The molecule has 0 atom stereocenters. The fourth-order valence-corrected chi connectivity index (χ4v) is 4.35. The summed E-state index contributed by atoms with van der Waals surface area (Å²) in [6.07, 6.45) is 6.09. The van der Waals surface area contributed by atoms with Crippen molar-refractivity contribution in [3.05, 3.63) is 53.9 Å². The molecule has 1 aliphatic carbocycles. The van der Waals surface area contributed by atoms with Crippen LogP contribution in [-0.4, -0.2) is 28.5 Å². The second-order valence-corrected chi connectivity index (χ2v) is 6.95. The van der Waals surface area contributed by atoms with Crippen LogP contribution in [0.25, 0.3) is 16.9 Å². The van der Waals surface area contributed by atoms with Gasteiger partial charge in [-0.2, -0.15) is 0 Å². The Morgan fingerprint density at radius 1 is 1.12 bits per heavy atom. The van der Waals surface area contributed by atoms with E-state index in [1.807, 2.05) is 47.2 Å². The maximum absolute atomic E-state index is 13.3. The number of benzene rings is 1. The standard InChI is InChI=1S/C21H21NO4/c1-26-20(25)16-18(23)17-15(14-8-4-2-5-9-14)10-13-22(17)21(19(16)24)11-6-3-7-12-21/h2,4-5,8-10,13,23H,3,6-7,11-12H2,1H3. The molecule has 2 aliphatic rings. The number of nitrogens with zero attached hydrogens (tertiary/aromatic N) is 1. The highest BCUT2D eigenvalue weighted by atomic mass is 16.5. The molecule has 1 N–H and O–H groups in total. The van der Waals surface area contributed by atoms with E-state index in [1.54, 1.807) is 0 Å². The number of aliphatic hydroxyl groups is 1. The first kappa shape index (κ1) is 16.6. The Balaban J connectivity index is 2.00. The lowest BCUT2D eigenvalue weighted by Gasteiger charge is -2.41. The van der Waals surface area contributed by atoms with Crippen molar-refractivity contribution in [1.82, 2.24) is 4.57 Å². The molecule has 1 saturated carbocycles. The number of esters is 1. The number of rotatable bonds is 2. The first-order valence-corrected chi connectivity index (χ1v) is 8.94. The Bertz CT molecular complexity index is 901. The van der Waals surface area contributed by atoms with Gasteiger partial charge in [0.2, 0.25) is 0 Å². The van der Waals surface area contributed by atoms with Crippen LogP contribution in [0.3, 0.4) is 0 Å². The van der Waals surface area contributed by atoms with Crippen LogP contribution in [0, 0.1) is 0 Å². The van der Waals surface area contributed by atoms with Gasteiger partial charge in [0, 0.05) is 11.8 Å². The predicted molar refractivity (Wildman–Crippen MR) is 97.5 cm³/mol. The van der Waals surface area contributed by atoms with Crippen molar-refractivity contribution in [3.63, 3.8) is 0 Å². The molecule has 4 rings (SSSR count). The molecule has 0 radical (unpaired) electrons. The molecule has 1 spiro atoms. The molecule has 5 heteroatoms. The molecule has 0 unspecified atom stereocenters. The molecular formula is C21H21NO4. The fraction of sp³-hybridized carbons (Fsp3) is 0.333. The number of aromatic nitrogens is 1. The van der Waals surface area contributed by atoms with Gasteiger partial charge in [-0.05, 0) is 24.5 Å². The molecule has 1 fully saturated rings. The molecule has 26 heavy (non-hydrogen) atoms. The summed E-state index contributed by atoms with van der Waals surface area (Å²) < 4.78 is 6.70. The van der Waals surface area contributed by atoms with Gasteiger partial charge in [0.15, 0.2) is 11.5 Å². The van der Waals surface area contributed by atoms with Gasteiger partial charge in [0.25, 0.3) is 0 Å². The summed E-state index contributed by atoms with van der Waals surface area (Å²) in [6.45, 7) is 0. The first-order chi connectivity index (χ1) is 12.6. The number of aliphatic hydroxyl groups excluding tert-OH is 1. The summed E-state index contributed by atoms with van der Waals surface area (Å²) >= 11 is 0. The number of Topliss-reactive ketones (excluding diaryl/α,β-unsaturated/α-hetero) is 1. The third-order valence-electron chi connectivity index (χ3n) is 5.61. The quantitative estimate of drug-likeness (QED) is 0.659.